The van der Waals surface area contributed by atoms with Crippen LogP contribution in [0, 0.1) is 13.8 Å². The number of aromatic nitrogens is 4. The number of para-hydroxylation sites is 1. The van der Waals surface area contributed by atoms with Gasteiger partial charge < -0.3 is 0 Å². The van der Waals surface area contributed by atoms with Crippen molar-refractivity contribution in [3.8, 4) is 0 Å². The molecule has 0 fully saturated rings. The van der Waals surface area contributed by atoms with E-state index >= 15 is 0 Å². The first-order valence-corrected chi connectivity index (χ1v) is 10.7. The first-order chi connectivity index (χ1) is 14.2. The van der Waals surface area contributed by atoms with Crippen molar-refractivity contribution >= 4 is 32.4 Å². The molecule has 0 atom stereocenters. The van der Waals surface area contributed by atoms with Gasteiger partial charge in [-0.3, -0.25) is 4.79 Å². The lowest BCUT2D eigenvalue weighted by molar-refractivity contribution is 0.101. The molecule has 30 heavy (non-hydrogen) atoms. The van der Waals surface area contributed by atoms with Gasteiger partial charge in [0.1, 0.15) is 0 Å². The number of rotatable bonds is 5. The van der Waals surface area contributed by atoms with Gasteiger partial charge >= 0.3 is 0 Å². The maximum Gasteiger partial charge on any atom is 0.268 e. The highest BCUT2D eigenvalue weighted by atomic mass is 32.2. The van der Waals surface area contributed by atoms with Gasteiger partial charge in [-0.05, 0) is 38.1 Å². The normalized spacial score (nSPS) is 11.7. The Balaban J connectivity index is 1.97. The zero-order valence-corrected chi connectivity index (χ0v) is 17.6. The van der Waals surface area contributed by atoms with Crippen LogP contribution in [0.2, 0.25) is 0 Å². The van der Waals surface area contributed by atoms with Crippen molar-refractivity contribution in [2.45, 2.75) is 25.7 Å². The van der Waals surface area contributed by atoms with Crippen molar-refractivity contribution in [1.82, 2.24) is 19.0 Å². The van der Waals surface area contributed by atoms with Crippen LogP contribution in [-0.2, 0) is 10.0 Å². The molecular weight excluding hydrogens is 400 g/mol. The Labute approximate surface area is 174 Å². The lowest BCUT2D eigenvalue weighted by Gasteiger charge is -2.14. The van der Waals surface area contributed by atoms with Crippen LogP contribution in [0.15, 0.2) is 66.1 Å². The molecule has 2 aromatic heterocycles. The van der Waals surface area contributed by atoms with Gasteiger partial charge in [-0.1, -0.05) is 47.7 Å². The topological polar surface area (TPSA) is 86.8 Å². The van der Waals surface area contributed by atoms with Gasteiger partial charge in [-0.15, -0.1) is 5.10 Å². The van der Waals surface area contributed by atoms with Crippen LogP contribution in [0.1, 0.15) is 34.4 Å². The molecule has 0 saturated carbocycles. The van der Waals surface area contributed by atoms with E-state index < -0.39 is 10.0 Å². The molecule has 0 aliphatic heterocycles. The molecule has 0 N–H and O–H groups in total. The molecule has 0 unspecified atom stereocenters. The number of ketones is 1. The van der Waals surface area contributed by atoms with Crippen LogP contribution >= 0.6 is 0 Å². The summed E-state index contributed by atoms with van der Waals surface area (Å²) in [6.07, 6.45) is 0. The van der Waals surface area contributed by atoms with E-state index in [4.69, 9.17) is 0 Å². The van der Waals surface area contributed by atoms with E-state index in [0.717, 1.165) is 10.9 Å². The fourth-order valence-electron chi connectivity index (χ4n) is 3.42. The average Bonchev–Trinajstić information content (AvgIpc) is 3.29. The Bertz CT molecular complexity index is 1410. The van der Waals surface area contributed by atoms with Crippen molar-refractivity contribution in [3.05, 3.63) is 83.8 Å². The number of benzene rings is 2. The Hall–Kier alpha value is -3.52. The van der Waals surface area contributed by atoms with Crippen LogP contribution in [0.3, 0.4) is 0 Å². The van der Waals surface area contributed by atoms with Gasteiger partial charge in [0.15, 0.2) is 11.5 Å². The number of hydrogen-bond donors (Lipinski definition) is 0. The second-order valence-corrected chi connectivity index (χ2v) is 8.90. The summed E-state index contributed by atoms with van der Waals surface area (Å²) in [5.41, 5.74) is 2.86. The Kier molecular flexibility index (Phi) is 4.66. The van der Waals surface area contributed by atoms with E-state index in [1.54, 1.807) is 49.4 Å². The number of carbonyl (C=O) groups is 1. The minimum Gasteiger partial charge on any atom is -0.293 e. The quantitative estimate of drug-likeness (QED) is 0.458. The van der Waals surface area contributed by atoms with E-state index in [0.29, 0.717) is 22.6 Å². The molecule has 0 bridgehead atoms. The van der Waals surface area contributed by atoms with Gasteiger partial charge in [-0.2, -0.15) is 0 Å². The molecule has 152 valence electrons. The third-order valence-electron chi connectivity index (χ3n) is 5.01. The summed E-state index contributed by atoms with van der Waals surface area (Å²) in [6, 6.07) is 15.6. The number of fused-ring (bicyclic) bond motifs is 1. The first-order valence-electron chi connectivity index (χ1n) is 9.27. The molecule has 8 heteroatoms. The number of hydrogen-bond acceptors (Lipinski definition) is 5. The standard InChI is InChI=1S/C22H20N4O3S/c1-14-9-11-19(12-10-14)30(28,29)26-20-8-6-5-7-18(20)13-21(26)15(2)25-16(3)22(17(4)27)23-24-25/h5-13H,2H2,1,3-4H3. The minimum absolute atomic E-state index is 0.170. The molecule has 4 aromatic rings. The van der Waals surface area contributed by atoms with Crippen molar-refractivity contribution in [2.24, 2.45) is 0 Å². The molecule has 0 amide bonds. The average molecular weight is 420 g/mol. The number of Topliss-reactive ketones (excluding diaryl/α,β-unsaturated/α-hetero) is 1. The van der Waals surface area contributed by atoms with Gasteiger partial charge in [0.05, 0.1) is 27.5 Å². The highest BCUT2D eigenvalue weighted by Gasteiger charge is 2.26. The second kappa shape index (κ2) is 7.07. The van der Waals surface area contributed by atoms with Crippen LogP contribution < -0.4 is 0 Å². The maximum atomic E-state index is 13.6. The summed E-state index contributed by atoms with van der Waals surface area (Å²) in [7, 11) is -3.92. The molecule has 0 aliphatic rings. The van der Waals surface area contributed by atoms with Gasteiger partial charge in [0.25, 0.3) is 10.0 Å². The molecule has 0 radical (unpaired) electrons. The van der Waals surface area contributed by atoms with E-state index in [2.05, 4.69) is 16.9 Å². The van der Waals surface area contributed by atoms with Crippen LogP contribution in [-0.4, -0.2) is 33.2 Å². The summed E-state index contributed by atoms with van der Waals surface area (Å²) >= 11 is 0. The largest absolute Gasteiger partial charge is 0.293 e. The molecule has 7 nitrogen and oxygen atoms in total. The Morgan fingerprint density at radius 2 is 1.70 bits per heavy atom. The van der Waals surface area contributed by atoms with Gasteiger partial charge in [-0.25, -0.2) is 17.1 Å². The van der Waals surface area contributed by atoms with E-state index in [1.807, 2.05) is 19.1 Å². The minimum atomic E-state index is -3.92. The molecular formula is C22H20N4O3S. The summed E-state index contributed by atoms with van der Waals surface area (Å²) in [6.45, 7) is 9.07. The van der Waals surface area contributed by atoms with E-state index in [-0.39, 0.29) is 16.4 Å². The molecule has 2 heterocycles. The van der Waals surface area contributed by atoms with Crippen LogP contribution in [0.4, 0.5) is 0 Å². The lowest BCUT2D eigenvalue weighted by atomic mass is 10.2. The SMILES string of the molecule is C=C(c1cc2ccccc2n1S(=O)(=O)c1ccc(C)cc1)n1nnc(C(C)=O)c1C. The van der Waals surface area contributed by atoms with Gasteiger partial charge in [0.2, 0.25) is 0 Å². The molecule has 0 aliphatic carbocycles. The van der Waals surface area contributed by atoms with Gasteiger partial charge in [0, 0.05) is 12.3 Å². The molecule has 4 rings (SSSR count). The zero-order chi connectivity index (χ0) is 21.6. The van der Waals surface area contributed by atoms with Crippen LogP contribution in [0.5, 0.6) is 0 Å². The monoisotopic (exact) mass is 420 g/mol. The van der Waals surface area contributed by atoms with E-state index in [9.17, 15) is 13.2 Å². The maximum absolute atomic E-state index is 13.6. The first kappa shape index (κ1) is 19.8. The third kappa shape index (κ3) is 3.05. The third-order valence-corrected chi connectivity index (χ3v) is 6.75. The summed E-state index contributed by atoms with van der Waals surface area (Å²) in [5.74, 6) is -0.223. The summed E-state index contributed by atoms with van der Waals surface area (Å²) < 4.78 is 29.9. The Morgan fingerprint density at radius 1 is 1.03 bits per heavy atom. The summed E-state index contributed by atoms with van der Waals surface area (Å²) in [5, 5.41) is 8.69. The summed E-state index contributed by atoms with van der Waals surface area (Å²) in [4.78, 5) is 11.9. The smallest absolute Gasteiger partial charge is 0.268 e. The van der Waals surface area contributed by atoms with Crippen molar-refractivity contribution in [2.75, 3.05) is 0 Å². The van der Waals surface area contributed by atoms with Crippen molar-refractivity contribution in [1.29, 1.82) is 0 Å². The number of carbonyl (C=O) groups excluding carboxylic acids is 1. The van der Waals surface area contributed by atoms with E-state index in [1.165, 1.54) is 15.6 Å². The fourth-order valence-corrected chi connectivity index (χ4v) is 4.96. The molecule has 0 spiro atoms. The number of nitrogens with zero attached hydrogens (tertiary/aromatic N) is 4. The molecule has 2 aromatic carbocycles. The lowest BCUT2D eigenvalue weighted by Crippen LogP contribution is -2.17. The van der Waals surface area contributed by atoms with Crippen molar-refractivity contribution < 1.29 is 13.2 Å². The number of aryl methyl sites for hydroxylation is 1. The van der Waals surface area contributed by atoms with Crippen LogP contribution in [0.25, 0.3) is 16.6 Å². The fraction of sp³-hybridized carbons (Fsp3) is 0.136. The molecule has 0 saturated heterocycles. The van der Waals surface area contributed by atoms with Crippen molar-refractivity contribution in [3.63, 3.8) is 0 Å². The predicted molar refractivity (Wildman–Crippen MR) is 115 cm³/mol. The zero-order valence-electron chi connectivity index (χ0n) is 16.8. The highest BCUT2D eigenvalue weighted by Crippen LogP contribution is 2.30. The Morgan fingerprint density at radius 3 is 2.33 bits per heavy atom. The highest BCUT2D eigenvalue weighted by molar-refractivity contribution is 7.90. The second-order valence-electron chi connectivity index (χ2n) is 7.11. The predicted octanol–water partition coefficient (Wildman–Crippen LogP) is 3.81.